The van der Waals surface area contributed by atoms with E-state index < -0.39 is 5.97 Å². The van der Waals surface area contributed by atoms with E-state index in [0.29, 0.717) is 0 Å². The number of aromatic carboxylic acids is 1. The molecule has 0 aliphatic rings. The lowest BCUT2D eigenvalue weighted by molar-refractivity contribution is 0.0694. The lowest BCUT2D eigenvalue weighted by Crippen LogP contribution is -2.06. The van der Waals surface area contributed by atoms with Crippen molar-refractivity contribution in [2.24, 2.45) is 0 Å². The highest BCUT2D eigenvalue weighted by Crippen LogP contribution is 2.24. The van der Waals surface area contributed by atoms with E-state index in [0.717, 1.165) is 29.8 Å². The van der Waals surface area contributed by atoms with Crippen LogP contribution in [-0.2, 0) is 12.8 Å². The molecule has 0 aliphatic carbocycles. The second-order valence-electron chi connectivity index (χ2n) is 4.60. The van der Waals surface area contributed by atoms with Gasteiger partial charge in [-0.1, -0.05) is 30.6 Å². The molecule has 1 heterocycles. The summed E-state index contributed by atoms with van der Waals surface area (Å²) in [5.41, 5.74) is 2.56. The summed E-state index contributed by atoms with van der Waals surface area (Å²) in [6.07, 6.45) is 1.46. The monoisotopic (exact) mass is 287 g/mol. The topological polar surface area (TPSA) is 85.2 Å². The molecule has 1 aromatic carbocycles. The first kappa shape index (κ1) is 14.9. The first-order valence-corrected chi connectivity index (χ1v) is 6.79. The third-order valence-corrected chi connectivity index (χ3v) is 3.06. The van der Waals surface area contributed by atoms with Crippen molar-refractivity contribution >= 4 is 5.97 Å². The largest absolute Gasteiger partial charge is 0.478 e. The maximum absolute atomic E-state index is 11.3. The van der Waals surface area contributed by atoms with Gasteiger partial charge in [-0.15, -0.1) is 5.10 Å². The highest BCUT2D eigenvalue weighted by Gasteiger charge is 2.14. The van der Waals surface area contributed by atoms with Crippen molar-refractivity contribution in [3.63, 3.8) is 0 Å². The highest BCUT2D eigenvalue weighted by atomic mass is 16.5. The third kappa shape index (κ3) is 3.34. The summed E-state index contributed by atoms with van der Waals surface area (Å²) < 4.78 is 5.50. The molecule has 0 aliphatic heterocycles. The van der Waals surface area contributed by atoms with Gasteiger partial charge in [0.15, 0.2) is 0 Å². The van der Waals surface area contributed by atoms with Crippen LogP contribution in [0.15, 0.2) is 18.2 Å². The van der Waals surface area contributed by atoms with E-state index in [9.17, 15) is 9.90 Å². The number of hydrogen-bond acceptors (Lipinski definition) is 5. The third-order valence-electron chi connectivity index (χ3n) is 3.06. The molecule has 0 radical (unpaired) electrons. The second kappa shape index (κ2) is 6.30. The van der Waals surface area contributed by atoms with Crippen molar-refractivity contribution in [1.29, 1.82) is 0 Å². The van der Waals surface area contributed by atoms with Gasteiger partial charge >= 0.3 is 12.0 Å². The van der Waals surface area contributed by atoms with Crippen LogP contribution in [0, 0.1) is 6.92 Å². The Balaban J connectivity index is 2.36. The maximum atomic E-state index is 11.3. The van der Waals surface area contributed by atoms with Gasteiger partial charge in [0.2, 0.25) is 0 Å². The fourth-order valence-electron chi connectivity index (χ4n) is 1.96. The molecule has 2 aromatic rings. The van der Waals surface area contributed by atoms with Gasteiger partial charge in [0.25, 0.3) is 0 Å². The molecular weight excluding hydrogens is 270 g/mol. The lowest BCUT2D eigenvalue weighted by atomic mass is 10.1. The minimum absolute atomic E-state index is 0.0652. The number of benzene rings is 1. The molecule has 0 atom stereocenters. The highest BCUT2D eigenvalue weighted by molar-refractivity contribution is 5.91. The molecule has 1 N–H and O–H groups in total. The molecular formula is C15H17N3O3. The molecule has 0 saturated carbocycles. The Morgan fingerprint density at radius 1 is 1.19 bits per heavy atom. The van der Waals surface area contributed by atoms with Crippen LogP contribution >= 0.6 is 0 Å². The number of carbonyl (C=O) groups is 1. The summed E-state index contributed by atoms with van der Waals surface area (Å²) in [7, 11) is 0. The molecule has 0 unspecified atom stereocenters. The van der Waals surface area contributed by atoms with Crippen LogP contribution in [0.2, 0.25) is 0 Å². The molecule has 0 amide bonds. The zero-order valence-electron chi connectivity index (χ0n) is 12.3. The molecule has 1 aromatic heterocycles. The van der Waals surface area contributed by atoms with Crippen LogP contribution < -0.4 is 4.74 Å². The van der Waals surface area contributed by atoms with E-state index in [1.165, 1.54) is 0 Å². The number of nitrogens with zero attached hydrogens (tertiary/aromatic N) is 3. The van der Waals surface area contributed by atoms with E-state index in [1.807, 2.05) is 20.8 Å². The lowest BCUT2D eigenvalue weighted by Gasteiger charge is -2.09. The minimum atomic E-state index is -1.05. The Labute approximate surface area is 122 Å². The maximum Gasteiger partial charge on any atom is 0.341 e. The smallest absolute Gasteiger partial charge is 0.341 e. The van der Waals surface area contributed by atoms with Crippen molar-refractivity contribution in [1.82, 2.24) is 15.2 Å². The Bertz CT molecular complexity index is 671. The molecule has 0 spiro atoms. The van der Waals surface area contributed by atoms with Gasteiger partial charge in [0.1, 0.15) is 11.3 Å². The number of ether oxygens (including phenoxy) is 1. The summed E-state index contributed by atoms with van der Waals surface area (Å²) in [5.74, 6) is -0.844. The van der Waals surface area contributed by atoms with Crippen molar-refractivity contribution in [2.75, 3.05) is 0 Å². The Morgan fingerprint density at radius 2 is 1.90 bits per heavy atom. The molecule has 0 saturated heterocycles. The van der Waals surface area contributed by atoms with Gasteiger partial charge in [-0.3, -0.25) is 0 Å². The van der Waals surface area contributed by atoms with Crippen LogP contribution in [0.5, 0.6) is 11.8 Å². The number of aromatic nitrogens is 3. The normalized spacial score (nSPS) is 10.4. The number of carboxylic acid groups (broad SMARTS) is 1. The zero-order valence-corrected chi connectivity index (χ0v) is 12.3. The van der Waals surface area contributed by atoms with Crippen LogP contribution in [0.1, 0.15) is 41.2 Å². The number of aryl methyl sites for hydroxylation is 3. The predicted octanol–water partition coefficient (Wildman–Crippen LogP) is 2.80. The van der Waals surface area contributed by atoms with E-state index in [2.05, 4.69) is 15.2 Å². The van der Waals surface area contributed by atoms with Gasteiger partial charge in [-0.25, -0.2) is 4.79 Å². The van der Waals surface area contributed by atoms with Crippen LogP contribution in [0.25, 0.3) is 0 Å². The molecule has 6 heteroatoms. The van der Waals surface area contributed by atoms with Gasteiger partial charge in [0, 0.05) is 0 Å². The SMILES string of the molecule is CCc1nnc(Oc2ccc(C)cc2C(=O)O)nc1CC. The van der Waals surface area contributed by atoms with E-state index in [4.69, 9.17) is 4.74 Å². The molecule has 0 fully saturated rings. The Kier molecular flexibility index (Phi) is 4.47. The summed E-state index contributed by atoms with van der Waals surface area (Å²) in [5, 5.41) is 17.2. The molecule has 2 rings (SSSR count). The Morgan fingerprint density at radius 3 is 2.52 bits per heavy atom. The van der Waals surface area contributed by atoms with Gasteiger partial charge in [-0.05, 0) is 31.9 Å². The molecule has 0 bridgehead atoms. The van der Waals surface area contributed by atoms with Crippen LogP contribution in [0.3, 0.4) is 0 Å². The second-order valence-corrected chi connectivity index (χ2v) is 4.60. The average molecular weight is 287 g/mol. The van der Waals surface area contributed by atoms with Crippen molar-refractivity contribution < 1.29 is 14.6 Å². The fraction of sp³-hybridized carbons (Fsp3) is 0.333. The first-order chi connectivity index (χ1) is 10.0. The van der Waals surface area contributed by atoms with E-state index >= 15 is 0 Å². The summed E-state index contributed by atoms with van der Waals surface area (Å²) in [6, 6.07) is 4.99. The van der Waals surface area contributed by atoms with Gasteiger partial charge in [-0.2, -0.15) is 4.98 Å². The minimum Gasteiger partial charge on any atom is -0.478 e. The van der Waals surface area contributed by atoms with Crippen molar-refractivity contribution in [3.8, 4) is 11.8 Å². The zero-order chi connectivity index (χ0) is 15.4. The van der Waals surface area contributed by atoms with Crippen LogP contribution in [-0.4, -0.2) is 26.3 Å². The van der Waals surface area contributed by atoms with Gasteiger partial charge in [0.05, 0.1) is 11.4 Å². The molecule has 6 nitrogen and oxygen atoms in total. The summed E-state index contributed by atoms with van der Waals surface area (Å²) in [4.78, 5) is 15.5. The summed E-state index contributed by atoms with van der Waals surface area (Å²) in [6.45, 7) is 5.77. The van der Waals surface area contributed by atoms with Crippen molar-refractivity contribution in [2.45, 2.75) is 33.6 Å². The molecule has 110 valence electrons. The quantitative estimate of drug-likeness (QED) is 0.910. The Hall–Kier alpha value is -2.50. The predicted molar refractivity (Wildman–Crippen MR) is 76.8 cm³/mol. The van der Waals surface area contributed by atoms with E-state index in [1.54, 1.807) is 18.2 Å². The van der Waals surface area contributed by atoms with Crippen LogP contribution in [0.4, 0.5) is 0 Å². The number of rotatable bonds is 5. The average Bonchev–Trinajstić information content (AvgIpc) is 2.48. The van der Waals surface area contributed by atoms with E-state index in [-0.39, 0.29) is 17.3 Å². The van der Waals surface area contributed by atoms with Gasteiger partial charge < -0.3 is 9.84 Å². The fourth-order valence-corrected chi connectivity index (χ4v) is 1.96. The molecule has 21 heavy (non-hydrogen) atoms. The standard InChI is InChI=1S/C15H17N3O3/c1-4-11-12(5-2)17-18-15(16-11)21-13-7-6-9(3)8-10(13)14(19)20/h6-8H,4-5H2,1-3H3,(H,19,20). The summed E-state index contributed by atoms with van der Waals surface area (Å²) >= 11 is 0. The van der Waals surface area contributed by atoms with Crippen molar-refractivity contribution in [3.05, 3.63) is 40.7 Å². The first-order valence-electron chi connectivity index (χ1n) is 6.79. The number of carboxylic acids is 1. The number of hydrogen-bond donors (Lipinski definition) is 1.